The first-order valence-corrected chi connectivity index (χ1v) is 9.11. The average molecular weight is 362 g/mol. The molecule has 0 aliphatic carbocycles. The number of rotatable bonds is 3. The molecule has 0 bridgehead atoms. The lowest BCUT2D eigenvalue weighted by Gasteiger charge is -2.31. The third-order valence-corrected chi connectivity index (χ3v) is 5.77. The second kappa shape index (κ2) is 6.92. The number of carbonyl (C=O) groups excluding carboxylic acids is 2. The van der Waals surface area contributed by atoms with Gasteiger partial charge in [0.05, 0.1) is 4.88 Å². The summed E-state index contributed by atoms with van der Waals surface area (Å²) in [6.45, 7) is 1.30. The number of phenolic OH excluding ortho intramolecular Hbond substituents is 2. The molecule has 134 valence electrons. The van der Waals surface area contributed by atoms with Crippen molar-refractivity contribution in [3.05, 3.63) is 23.1 Å². The van der Waals surface area contributed by atoms with Crippen LogP contribution in [0, 0.1) is 5.92 Å². The number of fused-ring (bicyclic) bond motifs is 1. The van der Waals surface area contributed by atoms with E-state index in [1.54, 1.807) is 25.1 Å². The van der Waals surface area contributed by atoms with Crippen LogP contribution in [0.1, 0.15) is 28.9 Å². The third-order valence-electron chi connectivity index (χ3n) is 4.69. The van der Waals surface area contributed by atoms with E-state index >= 15 is 0 Å². The number of hydrogen-bond acceptors (Lipinski definition) is 5. The Morgan fingerprint density at radius 3 is 2.44 bits per heavy atom. The number of thiophene rings is 1. The zero-order valence-electron chi connectivity index (χ0n) is 14.4. The van der Waals surface area contributed by atoms with Crippen molar-refractivity contribution in [1.82, 2.24) is 9.80 Å². The number of hydrogen-bond donors (Lipinski definition) is 2. The predicted molar refractivity (Wildman–Crippen MR) is 97.1 cm³/mol. The first-order valence-electron chi connectivity index (χ1n) is 8.30. The standard InChI is InChI=1S/C18H22N2O4S/c1-19(2)17(23)7-11-3-5-20(6-4-11)18(24)16-9-12-8-13(21)14(22)10-15(12)25-16/h8-11,21-22H,3-7H2,1-2H3. The Bertz CT molecular complexity index is 768. The molecule has 0 spiro atoms. The Balaban J connectivity index is 1.66. The van der Waals surface area contributed by atoms with Crippen LogP contribution in [0.25, 0.3) is 10.1 Å². The Morgan fingerprint density at radius 2 is 1.80 bits per heavy atom. The van der Waals surface area contributed by atoms with E-state index in [1.165, 1.54) is 23.5 Å². The maximum Gasteiger partial charge on any atom is 0.263 e. The van der Waals surface area contributed by atoms with Gasteiger partial charge in [0.1, 0.15) is 0 Å². The molecule has 3 rings (SSSR count). The number of aromatic hydroxyl groups is 2. The topological polar surface area (TPSA) is 81.1 Å². The fourth-order valence-corrected chi connectivity index (χ4v) is 4.14. The van der Waals surface area contributed by atoms with Crippen LogP contribution >= 0.6 is 11.3 Å². The van der Waals surface area contributed by atoms with E-state index in [2.05, 4.69) is 0 Å². The molecule has 1 aliphatic rings. The van der Waals surface area contributed by atoms with Gasteiger partial charge in [0.2, 0.25) is 5.91 Å². The van der Waals surface area contributed by atoms with Crippen molar-refractivity contribution in [1.29, 1.82) is 0 Å². The number of amides is 2. The molecule has 1 aromatic heterocycles. The number of likely N-dealkylation sites (tertiary alicyclic amines) is 1. The molecule has 1 fully saturated rings. The SMILES string of the molecule is CN(C)C(=O)CC1CCN(C(=O)c2cc3cc(O)c(O)cc3s2)CC1. The summed E-state index contributed by atoms with van der Waals surface area (Å²) >= 11 is 1.31. The number of carbonyl (C=O) groups is 2. The molecular weight excluding hydrogens is 340 g/mol. The molecule has 2 N–H and O–H groups in total. The molecule has 2 amide bonds. The zero-order chi connectivity index (χ0) is 18.1. The van der Waals surface area contributed by atoms with Gasteiger partial charge in [-0.1, -0.05) is 0 Å². The van der Waals surface area contributed by atoms with Crippen LogP contribution in [0.2, 0.25) is 0 Å². The van der Waals surface area contributed by atoms with Crippen LogP contribution in [0.4, 0.5) is 0 Å². The summed E-state index contributed by atoms with van der Waals surface area (Å²) in [4.78, 5) is 28.6. The van der Waals surface area contributed by atoms with Crippen molar-refractivity contribution < 1.29 is 19.8 Å². The number of benzene rings is 1. The summed E-state index contributed by atoms with van der Waals surface area (Å²) in [5.74, 6) is 0.0668. The molecule has 0 radical (unpaired) electrons. The average Bonchev–Trinajstić information content (AvgIpc) is 2.98. The predicted octanol–water partition coefficient (Wildman–Crippen LogP) is 2.64. The maximum absolute atomic E-state index is 12.7. The van der Waals surface area contributed by atoms with Gasteiger partial charge in [0.15, 0.2) is 11.5 Å². The van der Waals surface area contributed by atoms with Crippen LogP contribution in [0.15, 0.2) is 18.2 Å². The lowest BCUT2D eigenvalue weighted by molar-refractivity contribution is -0.129. The Kier molecular flexibility index (Phi) is 4.85. The van der Waals surface area contributed by atoms with E-state index in [9.17, 15) is 19.8 Å². The maximum atomic E-state index is 12.7. The molecule has 0 unspecified atom stereocenters. The van der Waals surface area contributed by atoms with Crippen molar-refractivity contribution >= 4 is 33.2 Å². The van der Waals surface area contributed by atoms with Crippen LogP contribution in [-0.2, 0) is 4.79 Å². The molecule has 25 heavy (non-hydrogen) atoms. The van der Waals surface area contributed by atoms with Gasteiger partial charge in [-0.05, 0) is 36.3 Å². The quantitative estimate of drug-likeness (QED) is 0.823. The smallest absolute Gasteiger partial charge is 0.263 e. The molecule has 1 aromatic carbocycles. The van der Waals surface area contributed by atoms with E-state index in [4.69, 9.17) is 0 Å². The molecular formula is C18H22N2O4S. The van der Waals surface area contributed by atoms with Gasteiger partial charge in [-0.25, -0.2) is 0 Å². The second-order valence-corrected chi connectivity index (χ2v) is 7.80. The van der Waals surface area contributed by atoms with Gasteiger partial charge >= 0.3 is 0 Å². The summed E-state index contributed by atoms with van der Waals surface area (Å²) in [5.41, 5.74) is 0. The van der Waals surface area contributed by atoms with Crippen molar-refractivity contribution in [2.24, 2.45) is 5.92 Å². The molecule has 2 aromatic rings. The molecule has 2 heterocycles. The van der Waals surface area contributed by atoms with E-state index < -0.39 is 0 Å². The molecule has 1 saturated heterocycles. The third kappa shape index (κ3) is 3.71. The first-order chi connectivity index (χ1) is 11.8. The van der Waals surface area contributed by atoms with Gasteiger partial charge in [0.25, 0.3) is 5.91 Å². The van der Waals surface area contributed by atoms with Crippen molar-refractivity contribution in [2.75, 3.05) is 27.2 Å². The second-order valence-electron chi connectivity index (χ2n) is 6.72. The van der Waals surface area contributed by atoms with Crippen molar-refractivity contribution in [3.8, 4) is 11.5 Å². The van der Waals surface area contributed by atoms with Crippen LogP contribution in [0.3, 0.4) is 0 Å². The van der Waals surface area contributed by atoms with Crippen LogP contribution < -0.4 is 0 Å². The molecule has 1 aliphatic heterocycles. The van der Waals surface area contributed by atoms with E-state index in [0.717, 1.165) is 22.9 Å². The summed E-state index contributed by atoms with van der Waals surface area (Å²) < 4.78 is 0.769. The van der Waals surface area contributed by atoms with E-state index in [1.807, 2.05) is 4.90 Å². The lowest BCUT2D eigenvalue weighted by Crippen LogP contribution is -2.39. The number of phenols is 2. The summed E-state index contributed by atoms with van der Waals surface area (Å²) in [6, 6.07) is 4.70. The molecule has 0 atom stereocenters. The highest BCUT2D eigenvalue weighted by atomic mass is 32.1. The Hall–Kier alpha value is -2.28. The monoisotopic (exact) mass is 362 g/mol. The normalized spacial score (nSPS) is 15.5. The highest BCUT2D eigenvalue weighted by Crippen LogP contribution is 2.35. The molecule has 0 saturated carbocycles. The minimum absolute atomic E-state index is 0.0300. The van der Waals surface area contributed by atoms with Gasteiger partial charge in [0, 0.05) is 44.4 Å². The van der Waals surface area contributed by atoms with Gasteiger partial charge < -0.3 is 20.0 Å². The summed E-state index contributed by atoms with van der Waals surface area (Å²) in [6.07, 6.45) is 2.20. The van der Waals surface area contributed by atoms with Crippen molar-refractivity contribution in [2.45, 2.75) is 19.3 Å². The molecule has 6 nitrogen and oxygen atoms in total. The Labute approximate surface area is 150 Å². The van der Waals surface area contributed by atoms with Crippen LogP contribution in [0.5, 0.6) is 11.5 Å². The largest absolute Gasteiger partial charge is 0.504 e. The minimum atomic E-state index is -0.185. The molecule has 7 heteroatoms. The van der Waals surface area contributed by atoms with Gasteiger partial charge in [-0.2, -0.15) is 0 Å². The van der Waals surface area contributed by atoms with Gasteiger partial charge in [-0.15, -0.1) is 11.3 Å². The highest BCUT2D eigenvalue weighted by molar-refractivity contribution is 7.20. The van der Waals surface area contributed by atoms with Crippen LogP contribution in [-0.4, -0.2) is 59.0 Å². The number of nitrogens with zero attached hydrogens (tertiary/aromatic N) is 2. The fourth-order valence-electron chi connectivity index (χ4n) is 3.10. The first kappa shape index (κ1) is 17.5. The fraction of sp³-hybridized carbons (Fsp3) is 0.444. The Morgan fingerprint density at radius 1 is 1.16 bits per heavy atom. The number of piperidine rings is 1. The summed E-state index contributed by atoms with van der Waals surface area (Å²) in [5, 5.41) is 19.9. The summed E-state index contributed by atoms with van der Waals surface area (Å²) in [7, 11) is 3.52. The van der Waals surface area contributed by atoms with E-state index in [0.29, 0.717) is 30.3 Å². The lowest BCUT2D eigenvalue weighted by atomic mass is 9.93. The minimum Gasteiger partial charge on any atom is -0.504 e. The van der Waals surface area contributed by atoms with E-state index in [-0.39, 0.29) is 23.3 Å². The zero-order valence-corrected chi connectivity index (χ0v) is 15.2. The van der Waals surface area contributed by atoms with Gasteiger partial charge in [-0.3, -0.25) is 9.59 Å². The van der Waals surface area contributed by atoms with Crippen molar-refractivity contribution in [3.63, 3.8) is 0 Å². The highest BCUT2D eigenvalue weighted by Gasteiger charge is 2.26.